The summed E-state index contributed by atoms with van der Waals surface area (Å²) < 4.78 is 5.48. The fourth-order valence-electron chi connectivity index (χ4n) is 11.8. The van der Waals surface area contributed by atoms with Gasteiger partial charge in [-0.3, -0.25) is 9.59 Å². The molecule has 0 aromatic carbocycles. The molecule has 1 amide bonds. The molecule has 0 rings (SSSR count). The predicted molar refractivity (Wildman–Crippen MR) is 347 cm³/mol. The Balaban J connectivity index is 3.36. The summed E-state index contributed by atoms with van der Waals surface area (Å²) in [6, 6.07) is -0.541. The summed E-state index contributed by atoms with van der Waals surface area (Å²) >= 11 is 0. The highest BCUT2D eigenvalue weighted by Crippen LogP contribution is 2.20. The maximum Gasteiger partial charge on any atom is 0.305 e. The Labute approximate surface area is 495 Å². The van der Waals surface area contributed by atoms with Gasteiger partial charge in [0, 0.05) is 12.8 Å². The highest BCUT2D eigenvalue weighted by molar-refractivity contribution is 5.76. The van der Waals surface area contributed by atoms with Crippen molar-refractivity contribution < 1.29 is 24.5 Å². The normalized spacial score (nSPS) is 12.5. The van der Waals surface area contributed by atoms with Gasteiger partial charge in [-0.05, 0) is 51.4 Å². The number of carbonyl (C=O) groups excluding carboxylic acids is 2. The lowest BCUT2D eigenvalue weighted by molar-refractivity contribution is -0.143. The lowest BCUT2D eigenvalue weighted by Crippen LogP contribution is -2.45. The molecule has 0 bridgehead atoms. The van der Waals surface area contributed by atoms with E-state index in [9.17, 15) is 19.8 Å². The molecule has 2 atom stereocenters. The Hall–Kier alpha value is -1.40. The fourth-order valence-corrected chi connectivity index (χ4v) is 11.8. The molecular weight excluding hydrogens is 971 g/mol. The highest BCUT2D eigenvalue weighted by Gasteiger charge is 2.20. The average molecular weight is 1110 g/mol. The van der Waals surface area contributed by atoms with Crippen molar-refractivity contribution in [2.24, 2.45) is 0 Å². The van der Waals surface area contributed by atoms with Crippen LogP contribution < -0.4 is 5.32 Å². The van der Waals surface area contributed by atoms with Gasteiger partial charge in [-0.15, -0.1) is 0 Å². The number of aliphatic hydroxyl groups is 2. The maximum absolute atomic E-state index is 12.6. The molecule has 6 nitrogen and oxygen atoms in total. The lowest BCUT2D eigenvalue weighted by Gasteiger charge is -2.22. The largest absolute Gasteiger partial charge is 0.466 e. The van der Waals surface area contributed by atoms with Crippen LogP contribution in [0, 0.1) is 0 Å². The molecule has 0 aromatic heterocycles. The van der Waals surface area contributed by atoms with Crippen LogP contribution in [0.1, 0.15) is 418 Å². The molecule has 0 radical (unpaired) electrons. The molecular formula is C73H143NO5. The van der Waals surface area contributed by atoms with Crippen LogP contribution in [-0.2, 0) is 14.3 Å². The number of ether oxygens (including phenoxy) is 1. The number of carbonyl (C=O) groups is 2. The molecule has 0 aliphatic heterocycles. The van der Waals surface area contributed by atoms with Crippen molar-refractivity contribution in [1.82, 2.24) is 5.32 Å². The minimum absolute atomic E-state index is 0.00834. The minimum atomic E-state index is -0.664. The zero-order valence-corrected chi connectivity index (χ0v) is 53.9. The predicted octanol–water partition coefficient (Wildman–Crippen LogP) is 23.5. The van der Waals surface area contributed by atoms with Crippen molar-refractivity contribution in [3.63, 3.8) is 0 Å². The van der Waals surface area contributed by atoms with E-state index in [1.165, 1.54) is 340 Å². The molecule has 0 heterocycles. The molecule has 0 saturated heterocycles. The Morgan fingerprint density at radius 3 is 0.911 bits per heavy atom. The van der Waals surface area contributed by atoms with Gasteiger partial charge in [0.1, 0.15) is 0 Å². The summed E-state index contributed by atoms with van der Waals surface area (Å²) in [5, 5.41) is 23.5. The Morgan fingerprint density at radius 1 is 0.342 bits per heavy atom. The number of unbranched alkanes of at least 4 members (excludes halogenated alkanes) is 56. The van der Waals surface area contributed by atoms with E-state index < -0.39 is 12.1 Å². The van der Waals surface area contributed by atoms with Gasteiger partial charge in [0.15, 0.2) is 0 Å². The molecule has 2 unspecified atom stereocenters. The number of amides is 1. The smallest absolute Gasteiger partial charge is 0.305 e. The SMILES string of the molecule is CCCCCC/C=C\CCCCCCCC(=O)OCCCCCCCCCCCCCCCCCCCCCCCCCCCC(=O)NC(CO)C(O)CCCCCCCCCCCCCCCCCCCCCCCCCC. The van der Waals surface area contributed by atoms with Gasteiger partial charge >= 0.3 is 5.97 Å². The maximum atomic E-state index is 12.6. The molecule has 0 aliphatic rings. The summed E-state index contributed by atoms with van der Waals surface area (Å²) in [5.74, 6) is -0.0194. The van der Waals surface area contributed by atoms with Crippen LogP contribution in [0.2, 0.25) is 0 Å². The number of esters is 1. The Morgan fingerprint density at radius 2 is 0.595 bits per heavy atom. The Kier molecular flexibility index (Phi) is 67.9. The van der Waals surface area contributed by atoms with E-state index in [2.05, 4.69) is 31.3 Å². The first-order chi connectivity index (χ1) is 39.0. The van der Waals surface area contributed by atoms with Crippen molar-refractivity contribution >= 4 is 11.9 Å². The molecule has 0 aliphatic carbocycles. The molecule has 0 aromatic rings. The number of hydrogen-bond donors (Lipinski definition) is 3. The zero-order valence-electron chi connectivity index (χ0n) is 53.9. The average Bonchev–Trinajstić information content (AvgIpc) is 3.45. The van der Waals surface area contributed by atoms with Gasteiger partial charge in [0.05, 0.1) is 25.4 Å². The van der Waals surface area contributed by atoms with E-state index in [1.54, 1.807) is 0 Å². The lowest BCUT2D eigenvalue weighted by atomic mass is 10.0. The monoisotopic (exact) mass is 1110 g/mol. The van der Waals surface area contributed by atoms with Gasteiger partial charge in [-0.2, -0.15) is 0 Å². The Bertz CT molecular complexity index is 1190. The minimum Gasteiger partial charge on any atom is -0.466 e. The summed E-state index contributed by atoms with van der Waals surface area (Å²) in [6.07, 6.45) is 85.5. The molecule has 79 heavy (non-hydrogen) atoms. The summed E-state index contributed by atoms with van der Waals surface area (Å²) in [5.41, 5.74) is 0. The van der Waals surface area contributed by atoms with E-state index in [4.69, 9.17) is 4.74 Å². The van der Waals surface area contributed by atoms with Crippen LogP contribution in [0.3, 0.4) is 0 Å². The number of allylic oxidation sites excluding steroid dienone is 2. The zero-order chi connectivity index (χ0) is 57.1. The van der Waals surface area contributed by atoms with Crippen LogP contribution in [0.5, 0.6) is 0 Å². The number of hydrogen-bond acceptors (Lipinski definition) is 5. The second kappa shape index (κ2) is 69.1. The van der Waals surface area contributed by atoms with Crippen molar-refractivity contribution in [3.8, 4) is 0 Å². The van der Waals surface area contributed by atoms with Crippen LogP contribution in [0.25, 0.3) is 0 Å². The van der Waals surface area contributed by atoms with Gasteiger partial charge in [-0.25, -0.2) is 0 Å². The fraction of sp³-hybridized carbons (Fsp3) is 0.945. The molecule has 0 saturated carbocycles. The standard InChI is InChI=1S/C73H143NO5/c1-3-5-7-9-11-13-15-17-18-19-20-21-22-26-29-32-35-38-42-45-49-53-57-61-65-71(76)70(69-75)74-72(77)66-62-58-54-50-46-43-39-36-33-30-27-24-23-25-28-31-34-37-40-44-48-52-56-60-64-68-79-73(78)67-63-59-55-51-47-41-16-14-12-10-8-6-4-2/h14,16,70-71,75-76H,3-13,15,17-69H2,1-2H3,(H,74,77)/b16-14-. The van der Waals surface area contributed by atoms with Crippen molar-refractivity contribution in [1.29, 1.82) is 0 Å². The van der Waals surface area contributed by atoms with Gasteiger partial charge < -0.3 is 20.3 Å². The summed E-state index contributed by atoms with van der Waals surface area (Å²) in [6.45, 7) is 4.98. The van der Waals surface area contributed by atoms with Crippen molar-refractivity contribution in [2.45, 2.75) is 431 Å². The van der Waals surface area contributed by atoms with E-state index >= 15 is 0 Å². The van der Waals surface area contributed by atoms with E-state index in [0.29, 0.717) is 25.9 Å². The first kappa shape index (κ1) is 77.6. The van der Waals surface area contributed by atoms with Crippen LogP contribution in [0.4, 0.5) is 0 Å². The molecule has 3 N–H and O–H groups in total. The third-order valence-electron chi connectivity index (χ3n) is 17.3. The third-order valence-corrected chi connectivity index (χ3v) is 17.3. The third kappa shape index (κ3) is 65.6. The highest BCUT2D eigenvalue weighted by atomic mass is 16.5. The first-order valence-electron chi connectivity index (χ1n) is 36.4. The molecule has 470 valence electrons. The number of nitrogens with one attached hydrogen (secondary N) is 1. The first-order valence-corrected chi connectivity index (χ1v) is 36.4. The van der Waals surface area contributed by atoms with E-state index in [1.807, 2.05) is 0 Å². The van der Waals surface area contributed by atoms with Gasteiger partial charge in [0.25, 0.3) is 0 Å². The van der Waals surface area contributed by atoms with Crippen LogP contribution in [-0.4, -0.2) is 47.4 Å². The van der Waals surface area contributed by atoms with Crippen LogP contribution >= 0.6 is 0 Å². The topological polar surface area (TPSA) is 95.9 Å². The number of aliphatic hydroxyl groups excluding tert-OH is 2. The summed E-state index contributed by atoms with van der Waals surface area (Å²) in [7, 11) is 0. The number of rotatable bonds is 69. The van der Waals surface area contributed by atoms with Crippen molar-refractivity contribution in [3.05, 3.63) is 12.2 Å². The van der Waals surface area contributed by atoms with E-state index in [0.717, 1.165) is 44.9 Å². The van der Waals surface area contributed by atoms with Gasteiger partial charge in [0.2, 0.25) is 5.91 Å². The van der Waals surface area contributed by atoms with Crippen LogP contribution in [0.15, 0.2) is 12.2 Å². The summed E-state index contributed by atoms with van der Waals surface area (Å²) in [4.78, 5) is 24.6. The second-order valence-corrected chi connectivity index (χ2v) is 25.3. The quantitative estimate of drug-likeness (QED) is 0.0320. The molecule has 0 fully saturated rings. The second-order valence-electron chi connectivity index (χ2n) is 25.3. The van der Waals surface area contributed by atoms with E-state index in [-0.39, 0.29) is 18.5 Å². The molecule has 0 spiro atoms. The molecule has 6 heteroatoms. The van der Waals surface area contributed by atoms with Crippen molar-refractivity contribution in [2.75, 3.05) is 13.2 Å². The van der Waals surface area contributed by atoms with Gasteiger partial charge in [-0.1, -0.05) is 366 Å².